The van der Waals surface area contributed by atoms with E-state index in [2.05, 4.69) is 35.8 Å². The average Bonchev–Trinajstić information content (AvgIpc) is 3.02. The third kappa shape index (κ3) is 4.08. The van der Waals surface area contributed by atoms with Crippen molar-refractivity contribution in [2.75, 3.05) is 6.54 Å². The van der Waals surface area contributed by atoms with Gasteiger partial charge < -0.3 is 10.3 Å². The molecule has 0 spiro atoms. The summed E-state index contributed by atoms with van der Waals surface area (Å²) in [5.41, 5.74) is 0.900. The highest BCUT2D eigenvalue weighted by atomic mass is 32.2. The van der Waals surface area contributed by atoms with Crippen molar-refractivity contribution >= 4 is 10.0 Å². The topological polar surface area (TPSA) is 74.0 Å². The summed E-state index contributed by atoms with van der Waals surface area (Å²) < 4.78 is 27.7. The number of hydrogen-bond acceptors (Lipinski definition) is 3. The smallest absolute Gasteiger partial charge is 0.242 e. The molecule has 5 nitrogen and oxygen atoms in total. The fourth-order valence-electron chi connectivity index (χ4n) is 2.87. The Morgan fingerprint density at radius 1 is 1.33 bits per heavy atom. The molecule has 3 N–H and O–H groups in total. The summed E-state index contributed by atoms with van der Waals surface area (Å²) in [6.07, 6.45) is 4.66. The van der Waals surface area contributed by atoms with Gasteiger partial charge in [0.15, 0.2) is 0 Å². The first-order valence-electron chi connectivity index (χ1n) is 7.84. The average molecular weight is 313 g/mol. The molecule has 0 aromatic carbocycles. The maximum Gasteiger partial charge on any atom is 0.242 e. The van der Waals surface area contributed by atoms with Crippen LogP contribution in [-0.4, -0.2) is 26.0 Å². The Kier molecular flexibility index (Phi) is 5.46. The summed E-state index contributed by atoms with van der Waals surface area (Å²) in [6, 6.07) is 1.77. The molecule has 0 aliphatic heterocycles. The molecule has 1 heterocycles. The minimum absolute atomic E-state index is 0.0570. The second kappa shape index (κ2) is 6.94. The quantitative estimate of drug-likeness (QED) is 0.676. The number of rotatable bonds is 7. The highest BCUT2D eigenvalue weighted by Crippen LogP contribution is 2.32. The van der Waals surface area contributed by atoms with Crippen molar-refractivity contribution in [3.05, 3.63) is 18.0 Å². The Balaban J connectivity index is 1.99. The lowest BCUT2D eigenvalue weighted by atomic mass is 9.98. The molecule has 1 fully saturated rings. The van der Waals surface area contributed by atoms with Gasteiger partial charge in [-0.1, -0.05) is 20.8 Å². The lowest BCUT2D eigenvalue weighted by Gasteiger charge is -2.19. The summed E-state index contributed by atoms with van der Waals surface area (Å²) in [6.45, 7) is 8.01. The first-order valence-corrected chi connectivity index (χ1v) is 9.32. The fraction of sp³-hybridized carbons (Fsp3) is 0.733. The Morgan fingerprint density at radius 3 is 2.71 bits per heavy atom. The van der Waals surface area contributed by atoms with Crippen LogP contribution in [0.2, 0.25) is 0 Å². The molecule has 3 unspecified atom stereocenters. The fourth-order valence-corrected chi connectivity index (χ4v) is 4.25. The minimum Gasteiger partial charge on any atom is -0.363 e. The molecule has 1 aliphatic rings. The van der Waals surface area contributed by atoms with Gasteiger partial charge >= 0.3 is 0 Å². The van der Waals surface area contributed by atoms with Crippen molar-refractivity contribution in [3.8, 4) is 0 Å². The first kappa shape index (κ1) is 16.5. The number of H-pyrrole nitrogens is 1. The zero-order valence-electron chi connectivity index (χ0n) is 13.1. The van der Waals surface area contributed by atoms with Gasteiger partial charge in [-0.3, -0.25) is 0 Å². The monoisotopic (exact) mass is 313 g/mol. The van der Waals surface area contributed by atoms with Crippen LogP contribution in [0, 0.1) is 11.8 Å². The zero-order valence-corrected chi connectivity index (χ0v) is 14.0. The van der Waals surface area contributed by atoms with E-state index in [0.717, 1.165) is 31.5 Å². The largest absolute Gasteiger partial charge is 0.363 e. The van der Waals surface area contributed by atoms with E-state index in [1.165, 1.54) is 0 Å². The SMILES string of the molecule is CCCNCc1cc(S(=O)(=O)NC2CCC(C)C2C)c[nH]1. The summed E-state index contributed by atoms with van der Waals surface area (Å²) in [7, 11) is -3.42. The van der Waals surface area contributed by atoms with E-state index in [9.17, 15) is 8.42 Å². The van der Waals surface area contributed by atoms with E-state index in [1.54, 1.807) is 12.3 Å². The van der Waals surface area contributed by atoms with Crippen LogP contribution in [0.15, 0.2) is 17.2 Å². The van der Waals surface area contributed by atoms with Gasteiger partial charge in [-0.15, -0.1) is 0 Å². The van der Waals surface area contributed by atoms with Gasteiger partial charge in [0, 0.05) is 24.5 Å². The maximum atomic E-state index is 12.4. The van der Waals surface area contributed by atoms with Gasteiger partial charge in [-0.05, 0) is 43.7 Å². The van der Waals surface area contributed by atoms with Crippen LogP contribution in [0.5, 0.6) is 0 Å². The molecule has 1 aromatic heterocycles. The van der Waals surface area contributed by atoms with Crippen LogP contribution in [-0.2, 0) is 16.6 Å². The van der Waals surface area contributed by atoms with Gasteiger partial charge in [-0.2, -0.15) is 0 Å². The van der Waals surface area contributed by atoms with Crippen molar-refractivity contribution in [2.24, 2.45) is 11.8 Å². The highest BCUT2D eigenvalue weighted by molar-refractivity contribution is 7.89. The molecule has 1 aromatic rings. The van der Waals surface area contributed by atoms with Gasteiger partial charge in [-0.25, -0.2) is 13.1 Å². The molecule has 3 atom stereocenters. The summed E-state index contributed by atoms with van der Waals surface area (Å²) in [5, 5.41) is 3.26. The zero-order chi connectivity index (χ0) is 15.5. The van der Waals surface area contributed by atoms with Crippen LogP contribution in [0.25, 0.3) is 0 Å². The van der Waals surface area contributed by atoms with Crippen LogP contribution in [0.4, 0.5) is 0 Å². The lowest BCUT2D eigenvalue weighted by molar-refractivity contribution is 0.402. The molecule has 21 heavy (non-hydrogen) atoms. The van der Waals surface area contributed by atoms with Crippen LogP contribution >= 0.6 is 0 Å². The second-order valence-corrected chi connectivity index (χ2v) is 7.89. The van der Waals surface area contributed by atoms with E-state index in [0.29, 0.717) is 23.3 Å². The standard InChI is InChI=1S/C15H27N3O2S/c1-4-7-16-9-13-8-14(10-17-13)21(19,20)18-15-6-5-11(2)12(15)3/h8,10-12,15-18H,4-7,9H2,1-3H3. The number of nitrogens with one attached hydrogen (secondary N) is 3. The maximum absolute atomic E-state index is 12.4. The van der Waals surface area contributed by atoms with E-state index in [1.807, 2.05) is 0 Å². The van der Waals surface area contributed by atoms with Gasteiger partial charge in [0.25, 0.3) is 0 Å². The molecule has 1 saturated carbocycles. The first-order chi connectivity index (χ1) is 9.94. The van der Waals surface area contributed by atoms with Gasteiger partial charge in [0.2, 0.25) is 10.0 Å². The summed E-state index contributed by atoms with van der Waals surface area (Å²) in [5.74, 6) is 0.974. The van der Waals surface area contributed by atoms with E-state index in [-0.39, 0.29) is 6.04 Å². The third-order valence-corrected chi connectivity index (χ3v) is 6.01. The molecule has 120 valence electrons. The number of hydrogen-bond donors (Lipinski definition) is 3. The van der Waals surface area contributed by atoms with Crippen molar-refractivity contribution in [2.45, 2.75) is 57.5 Å². The van der Waals surface area contributed by atoms with Crippen molar-refractivity contribution in [1.82, 2.24) is 15.0 Å². The molecular weight excluding hydrogens is 286 g/mol. The van der Waals surface area contributed by atoms with Crippen LogP contribution < -0.4 is 10.0 Å². The minimum atomic E-state index is -3.42. The molecule has 6 heteroatoms. The van der Waals surface area contributed by atoms with Crippen molar-refractivity contribution in [3.63, 3.8) is 0 Å². The number of aromatic nitrogens is 1. The summed E-state index contributed by atoms with van der Waals surface area (Å²) in [4.78, 5) is 3.37. The van der Waals surface area contributed by atoms with E-state index >= 15 is 0 Å². The van der Waals surface area contributed by atoms with Gasteiger partial charge in [0.1, 0.15) is 0 Å². The normalized spacial score (nSPS) is 26.3. The predicted octanol–water partition coefficient (Wildman–Crippen LogP) is 2.23. The Labute approximate surface area is 128 Å². The highest BCUT2D eigenvalue weighted by Gasteiger charge is 2.33. The van der Waals surface area contributed by atoms with Crippen molar-refractivity contribution < 1.29 is 8.42 Å². The molecule has 1 aliphatic carbocycles. The van der Waals surface area contributed by atoms with E-state index < -0.39 is 10.0 Å². The third-order valence-electron chi connectivity index (χ3n) is 4.54. The molecule has 0 amide bonds. The number of sulfonamides is 1. The molecular formula is C15H27N3O2S. The molecule has 0 radical (unpaired) electrons. The molecule has 2 rings (SSSR count). The van der Waals surface area contributed by atoms with Crippen LogP contribution in [0.1, 0.15) is 45.7 Å². The Morgan fingerprint density at radius 2 is 2.10 bits per heavy atom. The van der Waals surface area contributed by atoms with E-state index in [4.69, 9.17) is 0 Å². The lowest BCUT2D eigenvalue weighted by Crippen LogP contribution is -2.37. The van der Waals surface area contributed by atoms with Gasteiger partial charge in [0.05, 0.1) is 4.90 Å². The number of aromatic amines is 1. The summed E-state index contributed by atoms with van der Waals surface area (Å²) >= 11 is 0. The van der Waals surface area contributed by atoms with Crippen LogP contribution in [0.3, 0.4) is 0 Å². The second-order valence-electron chi connectivity index (χ2n) is 6.18. The van der Waals surface area contributed by atoms with Crippen molar-refractivity contribution in [1.29, 1.82) is 0 Å². The Hall–Kier alpha value is -0.850. The molecule has 0 bridgehead atoms. The molecule has 0 saturated heterocycles. The predicted molar refractivity (Wildman–Crippen MR) is 84.5 cm³/mol. The Bertz CT molecular complexity index is 553.